The summed E-state index contributed by atoms with van der Waals surface area (Å²) < 4.78 is 5.05. The van der Waals surface area contributed by atoms with E-state index < -0.39 is 0 Å². The molecule has 68 valence electrons. The average Bonchev–Trinajstić information content (AvgIpc) is 2.44. The molecular formula is C10H11NO2. The summed E-state index contributed by atoms with van der Waals surface area (Å²) in [6.45, 7) is 5.92. The summed E-state index contributed by atoms with van der Waals surface area (Å²) in [6, 6.07) is 2.04. The Hall–Kier alpha value is -1.51. The van der Waals surface area contributed by atoms with Gasteiger partial charge in [0.2, 0.25) is 0 Å². The van der Waals surface area contributed by atoms with Crippen LogP contribution in [0.2, 0.25) is 0 Å². The highest BCUT2D eigenvalue weighted by molar-refractivity contribution is 5.80. The monoisotopic (exact) mass is 177 g/mol. The highest BCUT2D eigenvalue weighted by Crippen LogP contribution is 2.22. The third kappa shape index (κ3) is 1.08. The zero-order chi connectivity index (χ0) is 9.59. The Balaban J connectivity index is 3.04. The number of nitrogens with one attached hydrogen (secondary N) is 1. The molecule has 0 atom stereocenters. The van der Waals surface area contributed by atoms with Crippen molar-refractivity contribution in [3.05, 3.63) is 33.3 Å². The minimum absolute atomic E-state index is 0.383. The predicted molar refractivity (Wildman–Crippen MR) is 51.0 cm³/mol. The second kappa shape index (κ2) is 2.49. The third-order valence-electron chi connectivity index (χ3n) is 2.41. The van der Waals surface area contributed by atoms with Crippen LogP contribution >= 0.6 is 0 Å². The van der Waals surface area contributed by atoms with Gasteiger partial charge in [-0.1, -0.05) is 6.07 Å². The van der Waals surface area contributed by atoms with Gasteiger partial charge < -0.3 is 4.42 Å². The zero-order valence-corrected chi connectivity index (χ0v) is 7.89. The summed E-state index contributed by atoms with van der Waals surface area (Å²) in [5.41, 5.74) is 4.71. The summed E-state index contributed by atoms with van der Waals surface area (Å²) in [5.74, 6) is -0.383. The van der Waals surface area contributed by atoms with Gasteiger partial charge in [0.25, 0.3) is 0 Å². The summed E-state index contributed by atoms with van der Waals surface area (Å²) >= 11 is 0. The van der Waals surface area contributed by atoms with Crippen LogP contribution in [0, 0.1) is 20.8 Å². The molecule has 2 rings (SSSR count). The first-order chi connectivity index (χ1) is 6.09. The summed E-state index contributed by atoms with van der Waals surface area (Å²) in [7, 11) is 0. The van der Waals surface area contributed by atoms with Crippen molar-refractivity contribution >= 4 is 11.1 Å². The van der Waals surface area contributed by atoms with Crippen LogP contribution in [0.5, 0.6) is 0 Å². The lowest BCUT2D eigenvalue weighted by molar-refractivity contribution is 0.553. The second-order valence-corrected chi connectivity index (χ2v) is 3.35. The summed E-state index contributed by atoms with van der Waals surface area (Å²) in [6.07, 6.45) is 0. The van der Waals surface area contributed by atoms with E-state index in [2.05, 4.69) is 4.98 Å². The van der Waals surface area contributed by atoms with E-state index in [0.29, 0.717) is 5.58 Å². The molecule has 1 aromatic carbocycles. The molecule has 0 spiro atoms. The standard InChI is InChI=1S/C10H11NO2/c1-5-4-6(2)8-9(7(5)3)13-10(12)11-8/h4H,1-3H3,(H,11,12). The number of aryl methyl sites for hydroxylation is 3. The van der Waals surface area contributed by atoms with Crippen molar-refractivity contribution in [1.82, 2.24) is 4.98 Å². The van der Waals surface area contributed by atoms with Crippen molar-refractivity contribution in [2.75, 3.05) is 0 Å². The SMILES string of the molecule is Cc1cc(C)c2[nH]c(=O)oc2c1C. The maximum absolute atomic E-state index is 11.0. The van der Waals surface area contributed by atoms with Gasteiger partial charge in [0.15, 0.2) is 5.58 Å². The fraction of sp³-hybridized carbons (Fsp3) is 0.300. The second-order valence-electron chi connectivity index (χ2n) is 3.35. The Labute approximate surface area is 75.4 Å². The molecule has 13 heavy (non-hydrogen) atoms. The number of oxazole rings is 1. The Bertz CT molecular complexity index is 519. The predicted octanol–water partition coefficient (Wildman–Crippen LogP) is 2.05. The van der Waals surface area contributed by atoms with Crippen molar-refractivity contribution in [2.24, 2.45) is 0 Å². The number of rotatable bonds is 0. The Morgan fingerprint density at radius 2 is 1.92 bits per heavy atom. The highest BCUT2D eigenvalue weighted by Gasteiger charge is 2.08. The molecule has 0 saturated heterocycles. The third-order valence-corrected chi connectivity index (χ3v) is 2.41. The van der Waals surface area contributed by atoms with Gasteiger partial charge in [0.05, 0.1) is 5.52 Å². The number of benzene rings is 1. The minimum Gasteiger partial charge on any atom is -0.408 e. The highest BCUT2D eigenvalue weighted by atomic mass is 16.4. The van der Waals surface area contributed by atoms with Crippen LogP contribution in [-0.2, 0) is 0 Å². The van der Waals surface area contributed by atoms with E-state index in [1.54, 1.807) is 0 Å². The van der Waals surface area contributed by atoms with E-state index in [9.17, 15) is 4.79 Å². The Kier molecular flexibility index (Phi) is 1.55. The zero-order valence-electron chi connectivity index (χ0n) is 7.89. The van der Waals surface area contributed by atoms with Crippen LogP contribution in [0.25, 0.3) is 11.1 Å². The molecule has 0 aliphatic heterocycles. The van der Waals surface area contributed by atoms with Gasteiger partial charge in [0.1, 0.15) is 0 Å². The van der Waals surface area contributed by atoms with E-state index in [1.807, 2.05) is 26.8 Å². The van der Waals surface area contributed by atoms with Crippen molar-refractivity contribution in [3.8, 4) is 0 Å². The Morgan fingerprint density at radius 1 is 1.23 bits per heavy atom. The molecule has 0 saturated carbocycles. The molecule has 0 aliphatic rings. The van der Waals surface area contributed by atoms with Crippen LogP contribution in [-0.4, -0.2) is 4.98 Å². The molecule has 0 unspecified atom stereocenters. The topological polar surface area (TPSA) is 46.0 Å². The van der Waals surface area contributed by atoms with Crippen molar-refractivity contribution in [1.29, 1.82) is 0 Å². The number of aromatic amines is 1. The molecule has 1 aromatic heterocycles. The normalized spacial score (nSPS) is 11.0. The molecule has 1 N–H and O–H groups in total. The fourth-order valence-electron chi connectivity index (χ4n) is 1.55. The first kappa shape index (κ1) is 8.10. The van der Waals surface area contributed by atoms with Crippen LogP contribution < -0.4 is 5.76 Å². The van der Waals surface area contributed by atoms with Crippen LogP contribution in [0.3, 0.4) is 0 Å². The summed E-state index contributed by atoms with van der Waals surface area (Å²) in [4.78, 5) is 13.7. The molecular weight excluding hydrogens is 166 g/mol. The maximum atomic E-state index is 11.0. The molecule has 0 fully saturated rings. The first-order valence-electron chi connectivity index (χ1n) is 4.19. The van der Waals surface area contributed by atoms with Gasteiger partial charge in [-0.05, 0) is 37.5 Å². The molecule has 0 radical (unpaired) electrons. The number of hydrogen-bond donors (Lipinski definition) is 1. The van der Waals surface area contributed by atoms with E-state index in [-0.39, 0.29) is 5.76 Å². The van der Waals surface area contributed by atoms with Crippen LogP contribution in [0.1, 0.15) is 16.7 Å². The summed E-state index contributed by atoms with van der Waals surface area (Å²) in [5, 5.41) is 0. The molecule has 1 heterocycles. The smallest absolute Gasteiger partial charge is 0.408 e. The van der Waals surface area contributed by atoms with Crippen LogP contribution in [0.15, 0.2) is 15.3 Å². The first-order valence-corrected chi connectivity index (χ1v) is 4.19. The van der Waals surface area contributed by atoms with Gasteiger partial charge in [-0.15, -0.1) is 0 Å². The number of fused-ring (bicyclic) bond motifs is 1. The number of H-pyrrole nitrogens is 1. The average molecular weight is 177 g/mol. The Morgan fingerprint density at radius 3 is 2.62 bits per heavy atom. The fourth-order valence-corrected chi connectivity index (χ4v) is 1.55. The minimum atomic E-state index is -0.383. The molecule has 0 bridgehead atoms. The molecule has 2 aromatic rings. The van der Waals surface area contributed by atoms with E-state index in [1.165, 1.54) is 0 Å². The van der Waals surface area contributed by atoms with E-state index >= 15 is 0 Å². The molecule has 0 amide bonds. The van der Waals surface area contributed by atoms with Crippen molar-refractivity contribution in [3.63, 3.8) is 0 Å². The van der Waals surface area contributed by atoms with Crippen molar-refractivity contribution in [2.45, 2.75) is 20.8 Å². The maximum Gasteiger partial charge on any atom is 0.417 e. The van der Waals surface area contributed by atoms with Gasteiger partial charge in [-0.25, -0.2) is 4.79 Å². The van der Waals surface area contributed by atoms with Gasteiger partial charge in [-0.2, -0.15) is 0 Å². The number of aromatic nitrogens is 1. The van der Waals surface area contributed by atoms with Crippen LogP contribution in [0.4, 0.5) is 0 Å². The molecule has 3 nitrogen and oxygen atoms in total. The van der Waals surface area contributed by atoms with Crippen molar-refractivity contribution < 1.29 is 4.42 Å². The lowest BCUT2D eigenvalue weighted by atomic mass is 10.1. The molecule has 3 heteroatoms. The largest absolute Gasteiger partial charge is 0.417 e. The lowest BCUT2D eigenvalue weighted by Gasteiger charge is -2.01. The quantitative estimate of drug-likeness (QED) is 0.669. The number of hydrogen-bond acceptors (Lipinski definition) is 2. The van der Waals surface area contributed by atoms with Gasteiger partial charge in [-0.3, -0.25) is 4.98 Å². The lowest BCUT2D eigenvalue weighted by Crippen LogP contribution is -1.93. The van der Waals surface area contributed by atoms with E-state index in [4.69, 9.17) is 4.42 Å². The molecule has 0 aliphatic carbocycles. The van der Waals surface area contributed by atoms with Gasteiger partial charge in [0, 0.05) is 0 Å². The van der Waals surface area contributed by atoms with E-state index in [0.717, 1.165) is 22.2 Å². The van der Waals surface area contributed by atoms with Gasteiger partial charge >= 0.3 is 5.76 Å².